The number of hydrogen-bond acceptors (Lipinski definition) is 3. The number of hydrogen-bond donors (Lipinski definition) is 1. The molecule has 0 bridgehead atoms. The molecule has 11 heavy (non-hydrogen) atoms. The molecule has 2 aromatic rings. The Morgan fingerprint density at radius 1 is 1.64 bits per heavy atom. The van der Waals surface area contributed by atoms with Crippen molar-refractivity contribution < 1.29 is 0 Å². The first-order valence-electron chi connectivity index (χ1n) is 2.89. The minimum Gasteiger partial charge on any atom is -0.327 e. The summed E-state index contributed by atoms with van der Waals surface area (Å²) in [7, 11) is 0. The van der Waals surface area contributed by atoms with Crippen molar-refractivity contribution in [1.82, 2.24) is 9.97 Å². The third-order valence-corrected chi connectivity index (χ3v) is 2.76. The normalized spacial score (nSPS) is 10.6. The molecule has 2 aromatic heterocycles. The summed E-state index contributed by atoms with van der Waals surface area (Å²) in [6, 6.07) is 0. The summed E-state index contributed by atoms with van der Waals surface area (Å²) in [6.45, 7) is 0. The predicted octanol–water partition coefficient (Wildman–Crippen LogP) is 1.75. The first-order chi connectivity index (χ1) is 5.29. The highest BCUT2D eigenvalue weighted by molar-refractivity contribution is 9.10. The monoisotopic (exact) mass is 230 g/mol. The van der Waals surface area contributed by atoms with E-state index in [2.05, 4.69) is 25.9 Å². The number of fused-ring (bicyclic) bond motifs is 1. The van der Waals surface area contributed by atoms with Crippen molar-refractivity contribution in [3.8, 4) is 0 Å². The van der Waals surface area contributed by atoms with Gasteiger partial charge in [0.2, 0.25) is 0 Å². The van der Waals surface area contributed by atoms with E-state index in [0.29, 0.717) is 4.70 Å². The second-order valence-electron chi connectivity index (χ2n) is 2.00. The van der Waals surface area contributed by atoms with Gasteiger partial charge in [-0.05, 0) is 15.9 Å². The molecule has 0 spiro atoms. The summed E-state index contributed by atoms with van der Waals surface area (Å²) < 4.78 is 1.49. The Morgan fingerprint density at radius 3 is 3.18 bits per heavy atom. The Hall–Kier alpha value is -0.680. The fourth-order valence-electron chi connectivity index (χ4n) is 0.840. The van der Waals surface area contributed by atoms with Crippen LogP contribution in [0.4, 0.5) is 0 Å². The largest absolute Gasteiger partial charge is 0.327 e. The molecule has 0 radical (unpaired) electrons. The fourth-order valence-corrected chi connectivity index (χ4v) is 2.09. The van der Waals surface area contributed by atoms with Crippen LogP contribution in [0.2, 0.25) is 0 Å². The lowest BCUT2D eigenvalue weighted by molar-refractivity contribution is 1.26. The van der Waals surface area contributed by atoms with Crippen LogP contribution >= 0.6 is 27.3 Å². The average molecular weight is 231 g/mol. The number of thiazole rings is 1. The maximum Gasteiger partial charge on any atom is 0.267 e. The van der Waals surface area contributed by atoms with Gasteiger partial charge in [0.1, 0.15) is 10.2 Å². The quantitative estimate of drug-likeness (QED) is 0.750. The van der Waals surface area contributed by atoms with Crippen molar-refractivity contribution >= 4 is 37.5 Å². The molecular formula is C6H3BrN2OS. The summed E-state index contributed by atoms with van der Waals surface area (Å²) in [5.74, 6) is 0. The van der Waals surface area contributed by atoms with Gasteiger partial charge in [0, 0.05) is 6.20 Å². The Kier molecular flexibility index (Phi) is 1.54. The van der Waals surface area contributed by atoms with Gasteiger partial charge in [0.05, 0.1) is 9.98 Å². The minimum atomic E-state index is -0.0781. The van der Waals surface area contributed by atoms with Gasteiger partial charge in [-0.1, -0.05) is 0 Å². The molecule has 3 nitrogen and oxygen atoms in total. The lowest BCUT2D eigenvalue weighted by atomic mass is 10.4. The highest BCUT2D eigenvalue weighted by atomic mass is 79.9. The topological polar surface area (TPSA) is 45.8 Å². The number of nitrogens with one attached hydrogen (secondary N) is 1. The lowest BCUT2D eigenvalue weighted by Crippen LogP contribution is -2.02. The molecule has 0 aliphatic heterocycles. The lowest BCUT2D eigenvalue weighted by Gasteiger charge is -1.88. The second kappa shape index (κ2) is 2.42. The molecule has 0 aliphatic carbocycles. The summed E-state index contributed by atoms with van der Waals surface area (Å²) >= 11 is 4.63. The molecule has 56 valence electrons. The van der Waals surface area contributed by atoms with Crippen LogP contribution in [0.1, 0.15) is 0 Å². The summed E-state index contributed by atoms with van der Waals surface area (Å²) in [6.07, 6.45) is 1.60. The van der Waals surface area contributed by atoms with E-state index in [9.17, 15) is 4.79 Å². The van der Waals surface area contributed by atoms with Gasteiger partial charge in [-0.2, -0.15) is 0 Å². The number of nitrogens with zero attached hydrogens (tertiary/aromatic N) is 1. The summed E-state index contributed by atoms with van der Waals surface area (Å²) in [5.41, 5.74) is 2.31. The molecule has 0 unspecified atom stereocenters. The first-order valence-corrected chi connectivity index (χ1v) is 4.56. The molecule has 5 heteroatoms. The Morgan fingerprint density at radius 2 is 2.45 bits per heavy atom. The Balaban J connectivity index is 3.08. The maximum absolute atomic E-state index is 11.1. The maximum atomic E-state index is 11.1. The molecule has 0 saturated heterocycles. The van der Waals surface area contributed by atoms with Crippen LogP contribution in [0.15, 0.2) is 21.0 Å². The van der Waals surface area contributed by atoms with E-state index >= 15 is 0 Å². The zero-order valence-electron chi connectivity index (χ0n) is 5.30. The highest BCUT2D eigenvalue weighted by Gasteiger charge is 2.03. The van der Waals surface area contributed by atoms with Crippen molar-refractivity contribution in [2.45, 2.75) is 0 Å². The molecule has 2 heterocycles. The highest BCUT2D eigenvalue weighted by Crippen LogP contribution is 2.20. The first kappa shape index (κ1) is 7.00. The average Bonchev–Trinajstić information content (AvgIpc) is 2.45. The van der Waals surface area contributed by atoms with Crippen LogP contribution in [0.5, 0.6) is 0 Å². The molecule has 2 rings (SSSR count). The van der Waals surface area contributed by atoms with Crippen LogP contribution in [0.25, 0.3) is 10.2 Å². The molecule has 1 N–H and O–H groups in total. The SMILES string of the molecule is O=c1[nH]cc(Br)c2ncsc12. The van der Waals surface area contributed by atoms with Crippen LogP contribution in [0.3, 0.4) is 0 Å². The van der Waals surface area contributed by atoms with Gasteiger partial charge < -0.3 is 4.98 Å². The smallest absolute Gasteiger partial charge is 0.267 e. The molecular weight excluding hydrogens is 228 g/mol. The predicted molar refractivity (Wildman–Crippen MR) is 47.9 cm³/mol. The zero-order valence-corrected chi connectivity index (χ0v) is 7.70. The Bertz CT molecular complexity index is 447. The van der Waals surface area contributed by atoms with Crippen molar-refractivity contribution in [3.05, 3.63) is 26.5 Å². The van der Waals surface area contributed by atoms with E-state index < -0.39 is 0 Å². The number of aromatic nitrogens is 2. The van der Waals surface area contributed by atoms with E-state index in [1.54, 1.807) is 11.7 Å². The van der Waals surface area contributed by atoms with Crippen LogP contribution in [0, 0.1) is 0 Å². The molecule has 0 fully saturated rings. The number of aromatic amines is 1. The van der Waals surface area contributed by atoms with Crippen LogP contribution in [-0.4, -0.2) is 9.97 Å². The number of H-pyrrole nitrogens is 1. The third-order valence-electron chi connectivity index (χ3n) is 1.33. The minimum absolute atomic E-state index is 0.0781. The van der Waals surface area contributed by atoms with Crippen molar-refractivity contribution in [1.29, 1.82) is 0 Å². The number of rotatable bonds is 0. The molecule has 0 aliphatic rings. The van der Waals surface area contributed by atoms with E-state index in [1.165, 1.54) is 11.3 Å². The van der Waals surface area contributed by atoms with Gasteiger partial charge in [-0.15, -0.1) is 11.3 Å². The van der Waals surface area contributed by atoms with Crippen molar-refractivity contribution in [2.75, 3.05) is 0 Å². The molecule has 0 atom stereocenters. The fraction of sp³-hybridized carbons (Fsp3) is 0. The van der Waals surface area contributed by atoms with Gasteiger partial charge in [-0.25, -0.2) is 4.98 Å². The van der Waals surface area contributed by atoms with Gasteiger partial charge in [-0.3, -0.25) is 4.79 Å². The summed E-state index contributed by atoms with van der Waals surface area (Å²) in [5, 5.41) is 0. The van der Waals surface area contributed by atoms with Crippen LogP contribution < -0.4 is 5.56 Å². The van der Waals surface area contributed by atoms with E-state index in [4.69, 9.17) is 0 Å². The second-order valence-corrected chi connectivity index (χ2v) is 3.70. The molecule has 0 saturated carbocycles. The number of pyridine rings is 1. The van der Waals surface area contributed by atoms with Gasteiger partial charge in [0.25, 0.3) is 5.56 Å². The van der Waals surface area contributed by atoms with Gasteiger partial charge in [0.15, 0.2) is 0 Å². The molecule has 0 amide bonds. The Labute approximate surface area is 74.2 Å². The van der Waals surface area contributed by atoms with Crippen molar-refractivity contribution in [3.63, 3.8) is 0 Å². The van der Waals surface area contributed by atoms with Gasteiger partial charge >= 0.3 is 0 Å². The molecule has 0 aromatic carbocycles. The van der Waals surface area contributed by atoms with E-state index in [1.807, 2.05) is 0 Å². The third kappa shape index (κ3) is 1.00. The van der Waals surface area contributed by atoms with Crippen molar-refractivity contribution in [2.24, 2.45) is 0 Å². The van der Waals surface area contributed by atoms with E-state index in [-0.39, 0.29) is 5.56 Å². The summed E-state index contributed by atoms with van der Waals surface area (Å²) in [4.78, 5) is 17.7. The van der Waals surface area contributed by atoms with E-state index in [0.717, 1.165) is 9.99 Å². The number of halogens is 1. The standard InChI is InChI=1S/C6H3BrN2OS/c7-3-1-8-6(10)5-4(3)9-2-11-5/h1-2H,(H,8,10). The zero-order chi connectivity index (χ0) is 7.84. The van der Waals surface area contributed by atoms with Crippen LogP contribution in [-0.2, 0) is 0 Å².